The molecule has 4 nitrogen and oxygen atoms in total. The normalized spacial score (nSPS) is 22.3. The van der Waals surface area contributed by atoms with Gasteiger partial charge in [-0.2, -0.15) is 0 Å². The Morgan fingerprint density at radius 3 is 2.67 bits per heavy atom. The number of carbonyl (C=O) groups excluding carboxylic acids is 2. The monoisotopic (exact) mass is 248 g/mol. The minimum absolute atomic E-state index is 0.186. The van der Waals surface area contributed by atoms with E-state index in [1.54, 1.807) is 20.1 Å². The largest absolute Gasteiger partial charge is 0.497 e. The van der Waals surface area contributed by atoms with Crippen LogP contribution in [0.15, 0.2) is 18.2 Å². The Labute approximate surface area is 106 Å². The van der Waals surface area contributed by atoms with E-state index in [2.05, 4.69) is 0 Å². The van der Waals surface area contributed by atoms with E-state index in [9.17, 15) is 9.59 Å². The molecule has 0 heterocycles. The highest BCUT2D eigenvalue weighted by molar-refractivity contribution is 6.13. The molecule has 1 aliphatic rings. The van der Waals surface area contributed by atoms with Gasteiger partial charge in [0.15, 0.2) is 5.78 Å². The number of aryl methyl sites for hydroxylation is 1. The molecular formula is C14H16O4. The van der Waals surface area contributed by atoms with Gasteiger partial charge in [-0.1, -0.05) is 6.07 Å². The van der Waals surface area contributed by atoms with Crippen LogP contribution in [0.3, 0.4) is 0 Å². The summed E-state index contributed by atoms with van der Waals surface area (Å²) in [5.74, 6) is -0.0355. The third kappa shape index (κ3) is 1.78. The zero-order valence-corrected chi connectivity index (χ0v) is 10.8. The molecule has 1 atom stereocenters. The zero-order chi connectivity index (χ0) is 13.3. The molecule has 0 aromatic heterocycles. The number of esters is 1. The Hall–Kier alpha value is -1.84. The highest BCUT2D eigenvalue weighted by Gasteiger charge is 2.45. The molecule has 1 unspecified atom stereocenters. The molecule has 0 aliphatic heterocycles. The number of ether oxygens (including phenoxy) is 2. The Bertz CT molecular complexity index is 507. The van der Waals surface area contributed by atoms with Gasteiger partial charge in [0.05, 0.1) is 14.2 Å². The summed E-state index contributed by atoms with van der Waals surface area (Å²) in [5, 5.41) is 0. The molecule has 0 bridgehead atoms. The second-order valence-corrected chi connectivity index (χ2v) is 4.68. The minimum Gasteiger partial charge on any atom is -0.497 e. The van der Waals surface area contributed by atoms with Gasteiger partial charge in [-0.25, -0.2) is 0 Å². The lowest BCUT2D eigenvalue weighted by molar-refractivity contribution is -0.149. The Morgan fingerprint density at radius 1 is 1.33 bits per heavy atom. The van der Waals surface area contributed by atoms with Crippen LogP contribution in [-0.4, -0.2) is 26.0 Å². The van der Waals surface area contributed by atoms with Crippen molar-refractivity contribution in [2.45, 2.75) is 19.8 Å². The Kier molecular flexibility index (Phi) is 3.11. The number of hydrogen-bond acceptors (Lipinski definition) is 4. The maximum absolute atomic E-state index is 12.5. The van der Waals surface area contributed by atoms with Crippen molar-refractivity contribution in [1.29, 1.82) is 0 Å². The van der Waals surface area contributed by atoms with Crippen LogP contribution in [0.25, 0.3) is 0 Å². The summed E-state index contributed by atoms with van der Waals surface area (Å²) in [6, 6.07) is 5.40. The third-order valence-electron chi connectivity index (χ3n) is 3.59. The quantitative estimate of drug-likeness (QED) is 0.593. The standard InChI is InChI=1S/C14H16O4/c1-14(13(16)18-3)7-6-9-4-5-10(17-2)8-11(9)12(14)15/h4-5,8H,6-7H2,1-3H3. The van der Waals surface area contributed by atoms with Crippen LogP contribution >= 0.6 is 0 Å². The average Bonchev–Trinajstić information content (AvgIpc) is 2.41. The number of hydrogen-bond donors (Lipinski definition) is 0. The highest BCUT2D eigenvalue weighted by atomic mass is 16.5. The molecule has 1 aromatic carbocycles. The van der Waals surface area contributed by atoms with Crippen LogP contribution in [0.1, 0.15) is 29.3 Å². The van der Waals surface area contributed by atoms with Gasteiger partial charge in [-0.15, -0.1) is 0 Å². The first-order valence-electron chi connectivity index (χ1n) is 5.83. The maximum atomic E-state index is 12.5. The van der Waals surface area contributed by atoms with Crippen LogP contribution in [0.2, 0.25) is 0 Å². The van der Waals surface area contributed by atoms with E-state index < -0.39 is 11.4 Å². The smallest absolute Gasteiger partial charge is 0.319 e. The molecule has 18 heavy (non-hydrogen) atoms. The van der Waals surface area contributed by atoms with Crippen LogP contribution in [0.5, 0.6) is 5.75 Å². The van der Waals surface area contributed by atoms with Crippen molar-refractivity contribution < 1.29 is 19.1 Å². The van der Waals surface area contributed by atoms with Gasteiger partial charge < -0.3 is 9.47 Å². The summed E-state index contributed by atoms with van der Waals surface area (Å²) in [7, 11) is 2.86. The number of methoxy groups -OCH3 is 2. The predicted octanol–water partition coefficient (Wildman–Crippen LogP) is 2.00. The molecular weight excluding hydrogens is 232 g/mol. The zero-order valence-electron chi connectivity index (χ0n) is 10.8. The van der Waals surface area contributed by atoms with E-state index in [0.29, 0.717) is 24.2 Å². The number of fused-ring (bicyclic) bond motifs is 1. The van der Waals surface area contributed by atoms with Crippen LogP contribution in [-0.2, 0) is 16.0 Å². The van der Waals surface area contributed by atoms with Gasteiger partial charge in [0.2, 0.25) is 0 Å². The van der Waals surface area contributed by atoms with Gasteiger partial charge in [0.1, 0.15) is 11.2 Å². The van der Waals surface area contributed by atoms with Crippen LogP contribution in [0, 0.1) is 5.41 Å². The van der Waals surface area contributed by atoms with Crippen molar-refractivity contribution >= 4 is 11.8 Å². The summed E-state index contributed by atoms with van der Waals surface area (Å²) < 4.78 is 9.86. The average molecular weight is 248 g/mol. The van der Waals surface area contributed by atoms with Crippen molar-refractivity contribution in [2.75, 3.05) is 14.2 Å². The second kappa shape index (κ2) is 4.44. The molecule has 0 N–H and O–H groups in total. The maximum Gasteiger partial charge on any atom is 0.319 e. The van der Waals surface area contributed by atoms with E-state index in [-0.39, 0.29) is 5.78 Å². The highest BCUT2D eigenvalue weighted by Crippen LogP contribution is 2.37. The fraction of sp³-hybridized carbons (Fsp3) is 0.429. The molecule has 0 saturated carbocycles. The molecule has 0 spiro atoms. The lowest BCUT2D eigenvalue weighted by Crippen LogP contribution is -2.41. The summed E-state index contributed by atoms with van der Waals surface area (Å²) in [6.07, 6.45) is 1.18. The first-order valence-corrected chi connectivity index (χ1v) is 5.83. The van der Waals surface area contributed by atoms with E-state index in [1.165, 1.54) is 7.11 Å². The van der Waals surface area contributed by atoms with Gasteiger partial charge in [-0.3, -0.25) is 9.59 Å². The number of rotatable bonds is 2. The van der Waals surface area contributed by atoms with E-state index in [0.717, 1.165) is 5.56 Å². The first-order chi connectivity index (χ1) is 8.52. The summed E-state index contributed by atoms with van der Waals surface area (Å²) >= 11 is 0. The fourth-order valence-electron chi connectivity index (χ4n) is 2.33. The number of carbonyl (C=O) groups is 2. The second-order valence-electron chi connectivity index (χ2n) is 4.68. The molecule has 1 aliphatic carbocycles. The van der Waals surface area contributed by atoms with Crippen molar-refractivity contribution in [1.82, 2.24) is 0 Å². The third-order valence-corrected chi connectivity index (χ3v) is 3.59. The summed E-state index contributed by atoms with van der Waals surface area (Å²) in [4.78, 5) is 24.2. The molecule has 0 amide bonds. The molecule has 96 valence electrons. The topological polar surface area (TPSA) is 52.6 Å². The summed E-state index contributed by atoms with van der Waals surface area (Å²) in [6.45, 7) is 1.64. The molecule has 0 saturated heterocycles. The van der Waals surface area contributed by atoms with Crippen molar-refractivity contribution in [3.05, 3.63) is 29.3 Å². The lowest BCUT2D eigenvalue weighted by atomic mass is 9.72. The van der Waals surface area contributed by atoms with Crippen molar-refractivity contribution in [2.24, 2.45) is 5.41 Å². The van der Waals surface area contributed by atoms with E-state index in [1.807, 2.05) is 12.1 Å². The lowest BCUT2D eigenvalue weighted by Gasteiger charge is -2.30. The Balaban J connectivity index is 2.47. The number of ketones is 1. The van der Waals surface area contributed by atoms with E-state index >= 15 is 0 Å². The first kappa shape index (κ1) is 12.6. The van der Waals surface area contributed by atoms with Crippen LogP contribution < -0.4 is 4.74 Å². The van der Waals surface area contributed by atoms with Gasteiger partial charge in [0.25, 0.3) is 0 Å². The van der Waals surface area contributed by atoms with Crippen molar-refractivity contribution in [3.63, 3.8) is 0 Å². The summed E-state index contributed by atoms with van der Waals surface area (Å²) in [5.41, 5.74) is 0.448. The molecule has 1 aromatic rings. The fourth-order valence-corrected chi connectivity index (χ4v) is 2.33. The number of benzene rings is 1. The van der Waals surface area contributed by atoms with Gasteiger partial charge in [0, 0.05) is 5.56 Å². The minimum atomic E-state index is -1.08. The molecule has 2 rings (SSSR count). The Morgan fingerprint density at radius 2 is 2.06 bits per heavy atom. The van der Waals surface area contributed by atoms with E-state index in [4.69, 9.17) is 9.47 Å². The van der Waals surface area contributed by atoms with Gasteiger partial charge in [-0.05, 0) is 37.5 Å². The molecule has 0 radical (unpaired) electrons. The predicted molar refractivity (Wildman–Crippen MR) is 65.8 cm³/mol. The van der Waals surface area contributed by atoms with Crippen molar-refractivity contribution in [3.8, 4) is 5.75 Å². The molecule has 4 heteroatoms. The van der Waals surface area contributed by atoms with Gasteiger partial charge >= 0.3 is 5.97 Å². The molecule has 0 fully saturated rings. The van der Waals surface area contributed by atoms with Crippen LogP contribution in [0.4, 0.5) is 0 Å². The number of Topliss-reactive ketones (excluding diaryl/α,β-unsaturated/α-hetero) is 1. The SMILES string of the molecule is COC(=O)C1(C)CCc2ccc(OC)cc2C1=O.